The molecule has 0 bridgehead atoms. The second-order valence-electron chi connectivity index (χ2n) is 3.22. The lowest BCUT2D eigenvalue weighted by molar-refractivity contribution is 0.656. The number of hydrogen-bond acceptors (Lipinski definition) is 3. The van der Waals surface area contributed by atoms with E-state index in [0.29, 0.717) is 0 Å². The Labute approximate surface area is 80.6 Å². The van der Waals surface area contributed by atoms with Crippen LogP contribution in [0.25, 0.3) is 10.2 Å². The lowest BCUT2D eigenvalue weighted by Gasteiger charge is -2.11. The molecule has 3 heteroatoms. The number of hydrogen-bond donors (Lipinski definition) is 1. The van der Waals surface area contributed by atoms with Gasteiger partial charge in [0.2, 0.25) is 0 Å². The molecule has 0 spiro atoms. The van der Waals surface area contributed by atoms with Gasteiger partial charge in [0, 0.05) is 23.4 Å². The van der Waals surface area contributed by atoms with E-state index in [2.05, 4.69) is 22.6 Å². The zero-order valence-electron chi connectivity index (χ0n) is 7.13. The van der Waals surface area contributed by atoms with Gasteiger partial charge >= 0.3 is 0 Å². The Hall–Kier alpha value is -0.930. The minimum absolute atomic E-state index is 1.00. The first-order chi connectivity index (χ1) is 6.45. The molecule has 0 saturated heterocycles. The van der Waals surface area contributed by atoms with Crippen molar-refractivity contribution in [3.05, 3.63) is 28.8 Å². The topological polar surface area (TPSA) is 24.9 Å². The smallest absolute Gasteiger partial charge is 0.124 e. The van der Waals surface area contributed by atoms with Crippen molar-refractivity contribution in [2.75, 3.05) is 6.54 Å². The van der Waals surface area contributed by atoms with E-state index in [4.69, 9.17) is 0 Å². The highest BCUT2D eigenvalue weighted by Gasteiger charge is 2.15. The Morgan fingerprint density at radius 1 is 1.54 bits per heavy atom. The van der Waals surface area contributed by atoms with Crippen LogP contribution in [0.1, 0.15) is 10.4 Å². The van der Waals surface area contributed by atoms with Gasteiger partial charge in [0.05, 0.1) is 6.20 Å². The van der Waals surface area contributed by atoms with E-state index in [1.54, 1.807) is 0 Å². The zero-order valence-corrected chi connectivity index (χ0v) is 7.95. The maximum Gasteiger partial charge on any atom is 0.124 e. The van der Waals surface area contributed by atoms with Crippen LogP contribution in [-0.2, 0) is 13.0 Å². The summed E-state index contributed by atoms with van der Waals surface area (Å²) >= 11 is 1.82. The van der Waals surface area contributed by atoms with E-state index < -0.39 is 0 Å². The van der Waals surface area contributed by atoms with Gasteiger partial charge in [0.1, 0.15) is 4.83 Å². The molecule has 0 unspecified atom stereocenters. The third-order valence-corrected chi connectivity index (χ3v) is 3.63. The van der Waals surface area contributed by atoms with Crippen molar-refractivity contribution < 1.29 is 0 Å². The standard InChI is InChI=1S/C10H9N2S/c1-2-7-8-6-11-5-3-9(8)13-10(7)12-4-1/h1-2,11H,3,5-6H2. The summed E-state index contributed by atoms with van der Waals surface area (Å²) in [4.78, 5) is 6.89. The summed E-state index contributed by atoms with van der Waals surface area (Å²) in [5.74, 6) is 0. The van der Waals surface area contributed by atoms with Crippen molar-refractivity contribution in [2.45, 2.75) is 13.0 Å². The first-order valence-electron chi connectivity index (χ1n) is 4.43. The van der Waals surface area contributed by atoms with Crippen molar-refractivity contribution in [1.29, 1.82) is 0 Å². The predicted molar refractivity (Wildman–Crippen MR) is 53.9 cm³/mol. The van der Waals surface area contributed by atoms with E-state index in [-0.39, 0.29) is 0 Å². The summed E-state index contributed by atoms with van der Waals surface area (Å²) in [6, 6.07) is 4.01. The van der Waals surface area contributed by atoms with Gasteiger partial charge in [0.15, 0.2) is 0 Å². The molecule has 0 atom stereocenters. The van der Waals surface area contributed by atoms with E-state index >= 15 is 0 Å². The highest BCUT2D eigenvalue weighted by molar-refractivity contribution is 7.18. The minimum atomic E-state index is 1.00. The van der Waals surface area contributed by atoms with Crippen LogP contribution in [0, 0.1) is 6.20 Å². The Morgan fingerprint density at radius 2 is 2.54 bits per heavy atom. The molecule has 0 amide bonds. The largest absolute Gasteiger partial charge is 0.312 e. The molecular formula is C10H9N2S. The SMILES string of the molecule is [c]1ccc2c3c(sc2n1)CCNC3. The van der Waals surface area contributed by atoms with Gasteiger partial charge in [-0.15, -0.1) is 11.3 Å². The second-order valence-corrected chi connectivity index (χ2v) is 4.31. The fourth-order valence-electron chi connectivity index (χ4n) is 1.80. The number of nitrogens with one attached hydrogen (secondary N) is 1. The van der Waals surface area contributed by atoms with E-state index in [1.807, 2.05) is 17.4 Å². The molecule has 0 aromatic carbocycles. The summed E-state index contributed by atoms with van der Waals surface area (Å²) in [7, 11) is 0. The number of pyridine rings is 1. The van der Waals surface area contributed by atoms with Crippen molar-refractivity contribution in [3.63, 3.8) is 0 Å². The molecule has 0 saturated carbocycles. The van der Waals surface area contributed by atoms with Crippen LogP contribution in [0.3, 0.4) is 0 Å². The van der Waals surface area contributed by atoms with Gasteiger partial charge in [-0.1, -0.05) is 0 Å². The van der Waals surface area contributed by atoms with E-state index in [1.165, 1.54) is 15.8 Å². The van der Waals surface area contributed by atoms with Gasteiger partial charge in [-0.2, -0.15) is 0 Å². The van der Waals surface area contributed by atoms with Crippen LogP contribution >= 0.6 is 11.3 Å². The van der Waals surface area contributed by atoms with Crippen LogP contribution in [0.4, 0.5) is 0 Å². The van der Waals surface area contributed by atoms with Crippen LogP contribution in [0.15, 0.2) is 12.1 Å². The third-order valence-electron chi connectivity index (χ3n) is 2.43. The number of fused-ring (bicyclic) bond motifs is 3. The first-order valence-corrected chi connectivity index (χ1v) is 5.25. The summed E-state index contributed by atoms with van der Waals surface area (Å²) in [5, 5.41) is 4.70. The fraction of sp³-hybridized carbons (Fsp3) is 0.300. The third kappa shape index (κ3) is 1.08. The van der Waals surface area contributed by atoms with Gasteiger partial charge in [0.25, 0.3) is 0 Å². The van der Waals surface area contributed by atoms with Gasteiger partial charge < -0.3 is 5.32 Å². The molecule has 0 aliphatic carbocycles. The minimum Gasteiger partial charge on any atom is -0.312 e. The molecule has 3 rings (SSSR count). The van der Waals surface area contributed by atoms with Crippen LogP contribution < -0.4 is 5.32 Å². The highest BCUT2D eigenvalue weighted by Crippen LogP contribution is 2.31. The Kier molecular flexibility index (Phi) is 1.60. The maximum absolute atomic E-state index is 4.25. The number of nitrogens with zero attached hydrogens (tertiary/aromatic N) is 1. The maximum atomic E-state index is 4.25. The molecule has 13 heavy (non-hydrogen) atoms. The monoisotopic (exact) mass is 189 g/mol. The van der Waals surface area contributed by atoms with E-state index in [0.717, 1.165) is 24.3 Å². The highest BCUT2D eigenvalue weighted by atomic mass is 32.1. The number of thiophene rings is 1. The van der Waals surface area contributed by atoms with Gasteiger partial charge in [-0.25, -0.2) is 4.98 Å². The summed E-state index contributed by atoms with van der Waals surface area (Å²) in [5.41, 5.74) is 1.45. The van der Waals surface area contributed by atoms with Crippen LogP contribution in [-0.4, -0.2) is 11.5 Å². The summed E-state index contributed by atoms with van der Waals surface area (Å²) in [6.45, 7) is 2.10. The molecule has 1 aliphatic heterocycles. The Balaban J connectivity index is 2.34. The summed E-state index contributed by atoms with van der Waals surface area (Å²) < 4.78 is 0. The predicted octanol–water partition coefficient (Wildman–Crippen LogP) is 1.74. The van der Waals surface area contributed by atoms with Gasteiger partial charge in [-0.3, -0.25) is 0 Å². The number of rotatable bonds is 0. The van der Waals surface area contributed by atoms with Crippen molar-refractivity contribution in [2.24, 2.45) is 0 Å². The molecular weight excluding hydrogens is 180 g/mol. The van der Waals surface area contributed by atoms with Crippen molar-refractivity contribution in [3.8, 4) is 0 Å². The zero-order chi connectivity index (χ0) is 8.67. The fourth-order valence-corrected chi connectivity index (χ4v) is 2.94. The van der Waals surface area contributed by atoms with Crippen LogP contribution in [0.5, 0.6) is 0 Å². The average molecular weight is 189 g/mol. The van der Waals surface area contributed by atoms with Crippen LogP contribution in [0.2, 0.25) is 0 Å². The van der Waals surface area contributed by atoms with Gasteiger partial charge in [-0.05, 0) is 24.1 Å². The Bertz CT molecular complexity index is 447. The first kappa shape index (κ1) is 7.47. The van der Waals surface area contributed by atoms with Crippen molar-refractivity contribution in [1.82, 2.24) is 10.3 Å². The molecule has 2 aromatic heterocycles. The molecule has 0 fully saturated rings. The second kappa shape index (κ2) is 2.79. The van der Waals surface area contributed by atoms with Crippen molar-refractivity contribution >= 4 is 21.6 Å². The molecule has 3 heterocycles. The van der Waals surface area contributed by atoms with E-state index in [9.17, 15) is 0 Å². The molecule has 1 N–H and O–H groups in total. The average Bonchev–Trinajstić information content (AvgIpc) is 2.56. The lowest BCUT2D eigenvalue weighted by atomic mass is 10.1. The summed E-state index contributed by atoms with van der Waals surface area (Å²) in [6.07, 6.45) is 4.03. The normalized spacial score (nSPS) is 16.0. The molecule has 1 radical (unpaired) electrons. The quantitative estimate of drug-likeness (QED) is 0.683. The molecule has 1 aliphatic rings. The molecule has 65 valence electrons. The molecule has 2 nitrogen and oxygen atoms in total. The number of aromatic nitrogens is 1. The lowest BCUT2D eigenvalue weighted by Crippen LogP contribution is -2.21. The molecule has 2 aromatic rings. The Morgan fingerprint density at radius 3 is 3.54 bits per heavy atom.